The number of nitrogens with zero attached hydrogens (tertiary/aromatic N) is 1. The molecule has 0 fully saturated rings. The molecule has 112 valence electrons. The molecule has 2 aromatic rings. The second-order valence-corrected chi connectivity index (χ2v) is 7.23. The molecule has 0 saturated carbocycles. The molecule has 2 aromatic carbocycles. The molecule has 0 bridgehead atoms. The molecule has 1 heterocycles. The first-order valence-electron chi connectivity index (χ1n) is 6.36. The number of primary amides is 1. The first kappa shape index (κ1) is 14.7. The minimum Gasteiger partial charge on any atom is -0.368 e. The number of sulfone groups is 1. The Morgan fingerprint density at radius 2 is 1.64 bits per heavy atom. The highest BCUT2D eigenvalue weighted by Crippen LogP contribution is 2.47. The zero-order valence-electron chi connectivity index (χ0n) is 11.2. The molecular formula is C15H11ClN2O3S. The van der Waals surface area contributed by atoms with E-state index in [-0.39, 0.29) is 15.6 Å². The molecule has 1 amide bonds. The van der Waals surface area contributed by atoms with Gasteiger partial charge in [-0.3, -0.25) is 4.79 Å². The fourth-order valence-electron chi connectivity index (χ4n) is 2.56. The quantitative estimate of drug-likeness (QED) is 0.932. The number of hydrogen-bond donors (Lipinski definition) is 1. The number of nitrogens with two attached hydrogens (primary N) is 1. The van der Waals surface area contributed by atoms with Gasteiger partial charge in [0.1, 0.15) is 5.17 Å². The van der Waals surface area contributed by atoms with Gasteiger partial charge in [-0.25, -0.2) is 13.4 Å². The molecule has 1 aliphatic heterocycles. The fraction of sp³-hybridized carbons (Fsp3) is 0.0667. The van der Waals surface area contributed by atoms with Crippen LogP contribution in [0.4, 0.5) is 5.69 Å². The molecule has 22 heavy (non-hydrogen) atoms. The molecule has 0 spiro atoms. The number of para-hydroxylation sites is 1. The van der Waals surface area contributed by atoms with Gasteiger partial charge < -0.3 is 5.73 Å². The van der Waals surface area contributed by atoms with Crippen LogP contribution in [0.25, 0.3) is 0 Å². The highest BCUT2D eigenvalue weighted by Gasteiger charge is 2.59. The van der Waals surface area contributed by atoms with Crippen molar-refractivity contribution in [3.63, 3.8) is 0 Å². The Hall–Kier alpha value is -2.18. The van der Waals surface area contributed by atoms with E-state index < -0.39 is 20.5 Å². The maximum atomic E-state index is 13.1. The van der Waals surface area contributed by atoms with Crippen LogP contribution in [0.2, 0.25) is 0 Å². The van der Waals surface area contributed by atoms with Gasteiger partial charge in [0, 0.05) is 5.56 Å². The number of carbonyl (C=O) groups excluding carboxylic acids is 1. The van der Waals surface area contributed by atoms with Crippen LogP contribution in [0.5, 0.6) is 0 Å². The standard InChI is InChI=1S/C15H11ClN2O3S/c16-13-15(14(17)19,11-8-4-5-9-12(11)18-13)22(20,21)10-6-2-1-3-7-10/h1-9H,(H2,17,19). The van der Waals surface area contributed by atoms with Gasteiger partial charge in [-0.05, 0) is 18.2 Å². The summed E-state index contributed by atoms with van der Waals surface area (Å²) in [4.78, 5) is 16.2. The summed E-state index contributed by atoms with van der Waals surface area (Å²) in [6, 6.07) is 14.0. The van der Waals surface area contributed by atoms with Crippen molar-refractivity contribution >= 4 is 38.2 Å². The van der Waals surface area contributed by atoms with Crippen molar-refractivity contribution in [1.29, 1.82) is 0 Å². The zero-order valence-corrected chi connectivity index (χ0v) is 12.8. The molecule has 0 radical (unpaired) electrons. The summed E-state index contributed by atoms with van der Waals surface area (Å²) in [6.07, 6.45) is 0. The third-order valence-corrected chi connectivity index (χ3v) is 6.39. The molecule has 1 unspecified atom stereocenters. The molecule has 0 aliphatic carbocycles. The molecule has 1 aliphatic rings. The van der Waals surface area contributed by atoms with Gasteiger partial charge in [0.15, 0.2) is 0 Å². The van der Waals surface area contributed by atoms with Crippen molar-refractivity contribution in [2.24, 2.45) is 10.7 Å². The van der Waals surface area contributed by atoms with Gasteiger partial charge >= 0.3 is 0 Å². The number of halogens is 1. The van der Waals surface area contributed by atoms with Gasteiger partial charge in [-0.2, -0.15) is 0 Å². The molecular weight excluding hydrogens is 324 g/mol. The summed E-state index contributed by atoms with van der Waals surface area (Å²) in [7, 11) is -4.20. The summed E-state index contributed by atoms with van der Waals surface area (Å²) in [5.74, 6) is -1.07. The minimum absolute atomic E-state index is 0.0427. The van der Waals surface area contributed by atoms with Gasteiger partial charge in [0.05, 0.1) is 10.6 Å². The van der Waals surface area contributed by atoms with Crippen LogP contribution in [0.15, 0.2) is 64.5 Å². The number of hydrogen-bond acceptors (Lipinski definition) is 4. The molecule has 3 rings (SSSR count). The third kappa shape index (κ3) is 1.74. The van der Waals surface area contributed by atoms with Crippen LogP contribution in [-0.4, -0.2) is 19.5 Å². The van der Waals surface area contributed by atoms with Gasteiger partial charge in [-0.1, -0.05) is 48.0 Å². The number of carbonyl (C=O) groups is 1. The average Bonchev–Trinajstić information content (AvgIpc) is 2.81. The van der Waals surface area contributed by atoms with Crippen LogP contribution < -0.4 is 5.73 Å². The van der Waals surface area contributed by atoms with Gasteiger partial charge in [0.25, 0.3) is 5.91 Å². The van der Waals surface area contributed by atoms with E-state index in [1.54, 1.807) is 36.4 Å². The second kappa shape index (κ2) is 4.93. The highest BCUT2D eigenvalue weighted by molar-refractivity contribution is 7.94. The normalized spacial score (nSPS) is 20.3. The topological polar surface area (TPSA) is 89.6 Å². The van der Waals surface area contributed by atoms with Gasteiger partial charge in [-0.15, -0.1) is 0 Å². The molecule has 0 saturated heterocycles. The summed E-state index contributed by atoms with van der Waals surface area (Å²) in [5.41, 5.74) is 5.98. The molecule has 7 heteroatoms. The summed E-state index contributed by atoms with van der Waals surface area (Å²) in [5, 5.41) is -0.356. The van der Waals surface area contributed by atoms with Crippen LogP contribution in [0.1, 0.15) is 5.56 Å². The third-order valence-electron chi connectivity index (χ3n) is 3.60. The Bertz CT molecular complexity index is 894. The van der Waals surface area contributed by atoms with Crippen molar-refractivity contribution in [3.8, 4) is 0 Å². The Morgan fingerprint density at radius 3 is 2.27 bits per heavy atom. The van der Waals surface area contributed by atoms with E-state index in [4.69, 9.17) is 17.3 Å². The first-order chi connectivity index (χ1) is 10.4. The maximum Gasteiger partial charge on any atom is 0.251 e. The van der Waals surface area contributed by atoms with E-state index in [9.17, 15) is 13.2 Å². The lowest BCUT2D eigenvalue weighted by Gasteiger charge is -2.26. The Balaban J connectivity index is 2.38. The first-order valence-corrected chi connectivity index (χ1v) is 8.22. The number of amides is 1. The van der Waals surface area contributed by atoms with E-state index in [1.165, 1.54) is 18.2 Å². The lowest BCUT2D eigenvalue weighted by Crippen LogP contribution is -2.50. The van der Waals surface area contributed by atoms with E-state index in [0.717, 1.165) is 0 Å². The van der Waals surface area contributed by atoms with Crippen molar-refractivity contribution in [3.05, 3.63) is 60.2 Å². The molecule has 0 aromatic heterocycles. The van der Waals surface area contributed by atoms with E-state index in [1.807, 2.05) is 0 Å². The predicted molar refractivity (Wildman–Crippen MR) is 83.9 cm³/mol. The average molecular weight is 335 g/mol. The lowest BCUT2D eigenvalue weighted by atomic mass is 9.99. The van der Waals surface area contributed by atoms with Crippen LogP contribution >= 0.6 is 11.6 Å². The lowest BCUT2D eigenvalue weighted by molar-refractivity contribution is -0.119. The Morgan fingerprint density at radius 1 is 1.05 bits per heavy atom. The van der Waals surface area contributed by atoms with Crippen molar-refractivity contribution in [1.82, 2.24) is 0 Å². The van der Waals surface area contributed by atoms with E-state index in [0.29, 0.717) is 5.69 Å². The predicted octanol–water partition coefficient (Wildman–Crippen LogP) is 2.12. The van der Waals surface area contributed by atoms with Crippen molar-refractivity contribution in [2.45, 2.75) is 9.64 Å². The number of aliphatic imine (C=N–C) groups is 1. The van der Waals surface area contributed by atoms with Crippen LogP contribution in [0, 0.1) is 0 Å². The number of fused-ring (bicyclic) bond motifs is 1. The van der Waals surface area contributed by atoms with Crippen LogP contribution in [-0.2, 0) is 19.4 Å². The van der Waals surface area contributed by atoms with E-state index in [2.05, 4.69) is 4.99 Å². The maximum absolute atomic E-state index is 13.1. The van der Waals surface area contributed by atoms with Gasteiger partial charge in [0.2, 0.25) is 14.6 Å². The van der Waals surface area contributed by atoms with E-state index >= 15 is 0 Å². The minimum atomic E-state index is -4.20. The molecule has 2 N–H and O–H groups in total. The zero-order chi connectivity index (χ0) is 16.0. The number of benzene rings is 2. The molecule has 5 nitrogen and oxygen atoms in total. The summed E-state index contributed by atoms with van der Waals surface area (Å²) in [6.45, 7) is 0. The Kier molecular flexibility index (Phi) is 3.30. The largest absolute Gasteiger partial charge is 0.368 e. The van der Waals surface area contributed by atoms with Crippen molar-refractivity contribution in [2.75, 3.05) is 0 Å². The second-order valence-electron chi connectivity index (χ2n) is 4.78. The summed E-state index contributed by atoms with van der Waals surface area (Å²) < 4.78 is 24.0. The highest BCUT2D eigenvalue weighted by atomic mass is 35.5. The smallest absolute Gasteiger partial charge is 0.251 e. The number of rotatable bonds is 3. The molecule has 1 atom stereocenters. The monoisotopic (exact) mass is 334 g/mol. The van der Waals surface area contributed by atoms with Crippen LogP contribution in [0.3, 0.4) is 0 Å². The van der Waals surface area contributed by atoms with Crippen molar-refractivity contribution < 1.29 is 13.2 Å². The SMILES string of the molecule is NC(=O)C1(S(=O)(=O)c2ccccc2)C(Cl)=Nc2ccccc21. The Labute approximate surface area is 132 Å². The summed E-state index contributed by atoms with van der Waals surface area (Å²) >= 11 is 6.10. The fourth-order valence-corrected chi connectivity index (χ4v) is 5.02.